The van der Waals surface area contributed by atoms with E-state index in [-0.39, 0.29) is 11.3 Å². The van der Waals surface area contributed by atoms with E-state index in [0.29, 0.717) is 23.6 Å². The quantitative estimate of drug-likeness (QED) is 0.459. The van der Waals surface area contributed by atoms with E-state index in [9.17, 15) is 14.7 Å². The third kappa shape index (κ3) is 4.08. The molecule has 1 aromatic heterocycles. The predicted molar refractivity (Wildman–Crippen MR) is 108 cm³/mol. The Morgan fingerprint density at radius 2 is 1.79 bits per heavy atom. The van der Waals surface area contributed by atoms with Crippen LogP contribution in [0.3, 0.4) is 0 Å². The standard InChI is InChI=1S/C21H22ClN3O3/c1-24(2)12-3-13-25-18(14-4-6-16(22)7-5-14)17(20(27)21(25)28)19(26)15-8-10-23-11-9-15/h4-11,18,26H,3,12-13H2,1-2H3/b19-17+/t18-/m1/s1. The van der Waals surface area contributed by atoms with E-state index in [1.165, 1.54) is 17.3 Å². The third-order valence-corrected chi connectivity index (χ3v) is 4.94. The fourth-order valence-corrected chi connectivity index (χ4v) is 3.45. The lowest BCUT2D eigenvalue weighted by atomic mass is 9.95. The summed E-state index contributed by atoms with van der Waals surface area (Å²) in [5.41, 5.74) is 1.26. The van der Waals surface area contributed by atoms with E-state index >= 15 is 0 Å². The fourth-order valence-electron chi connectivity index (χ4n) is 3.32. The second kappa shape index (κ2) is 8.54. The van der Waals surface area contributed by atoms with Gasteiger partial charge in [0, 0.05) is 29.5 Å². The number of ketones is 1. The molecule has 1 aromatic carbocycles. The maximum atomic E-state index is 12.8. The average molecular weight is 400 g/mol. The van der Waals surface area contributed by atoms with E-state index in [1.807, 2.05) is 19.0 Å². The second-order valence-electron chi connectivity index (χ2n) is 6.94. The van der Waals surface area contributed by atoms with Crippen LogP contribution in [-0.4, -0.2) is 58.8 Å². The van der Waals surface area contributed by atoms with Gasteiger partial charge in [-0.3, -0.25) is 14.6 Å². The lowest BCUT2D eigenvalue weighted by molar-refractivity contribution is -0.139. The molecule has 28 heavy (non-hydrogen) atoms. The molecule has 1 atom stereocenters. The molecule has 0 spiro atoms. The zero-order valence-electron chi connectivity index (χ0n) is 15.8. The number of halogens is 1. The van der Waals surface area contributed by atoms with Crippen molar-refractivity contribution < 1.29 is 14.7 Å². The Kier molecular flexibility index (Phi) is 6.11. The SMILES string of the molecule is CN(C)CCCN1C(=O)C(=O)/C(=C(/O)c2ccncc2)[C@H]1c1ccc(Cl)cc1. The van der Waals surface area contributed by atoms with E-state index in [1.54, 1.807) is 36.4 Å². The number of pyridine rings is 1. The number of rotatable bonds is 6. The molecular weight excluding hydrogens is 378 g/mol. The molecule has 146 valence electrons. The Balaban J connectivity index is 2.07. The van der Waals surface area contributed by atoms with Crippen LogP contribution < -0.4 is 0 Å². The monoisotopic (exact) mass is 399 g/mol. The summed E-state index contributed by atoms with van der Waals surface area (Å²) in [4.78, 5) is 33.1. The summed E-state index contributed by atoms with van der Waals surface area (Å²) in [7, 11) is 3.91. The minimum Gasteiger partial charge on any atom is -0.507 e. The van der Waals surface area contributed by atoms with E-state index in [2.05, 4.69) is 4.98 Å². The Morgan fingerprint density at radius 1 is 1.14 bits per heavy atom. The van der Waals surface area contributed by atoms with Gasteiger partial charge in [0.2, 0.25) is 0 Å². The van der Waals surface area contributed by atoms with Crippen LogP contribution in [0.15, 0.2) is 54.4 Å². The first-order valence-electron chi connectivity index (χ1n) is 8.99. The van der Waals surface area contributed by atoms with Crippen molar-refractivity contribution in [2.24, 2.45) is 0 Å². The summed E-state index contributed by atoms with van der Waals surface area (Å²) in [6.45, 7) is 1.18. The molecule has 1 N–H and O–H groups in total. The Bertz CT molecular complexity index is 895. The first kappa shape index (κ1) is 20.0. The van der Waals surface area contributed by atoms with Gasteiger partial charge in [-0.2, -0.15) is 0 Å². The van der Waals surface area contributed by atoms with Crippen LogP contribution in [-0.2, 0) is 9.59 Å². The van der Waals surface area contributed by atoms with Crippen molar-refractivity contribution in [3.63, 3.8) is 0 Å². The molecule has 3 rings (SSSR count). The van der Waals surface area contributed by atoms with Crippen LogP contribution >= 0.6 is 11.6 Å². The maximum Gasteiger partial charge on any atom is 0.295 e. The van der Waals surface area contributed by atoms with Crippen LogP contribution in [0.2, 0.25) is 5.02 Å². The van der Waals surface area contributed by atoms with E-state index in [4.69, 9.17) is 11.6 Å². The Labute approximate surface area is 169 Å². The molecule has 1 saturated heterocycles. The van der Waals surface area contributed by atoms with Crippen LogP contribution in [0.4, 0.5) is 0 Å². The van der Waals surface area contributed by atoms with Crippen LogP contribution in [0.25, 0.3) is 5.76 Å². The van der Waals surface area contributed by atoms with Crippen LogP contribution in [0.1, 0.15) is 23.6 Å². The van der Waals surface area contributed by atoms with Crippen molar-refractivity contribution in [2.45, 2.75) is 12.5 Å². The maximum absolute atomic E-state index is 12.8. The normalized spacial score (nSPS) is 18.9. The number of benzene rings is 1. The van der Waals surface area contributed by atoms with Crippen LogP contribution in [0, 0.1) is 0 Å². The molecule has 0 saturated carbocycles. The summed E-state index contributed by atoms with van der Waals surface area (Å²) in [6.07, 6.45) is 3.76. The number of aliphatic hydroxyl groups is 1. The number of hydrogen-bond donors (Lipinski definition) is 1. The summed E-state index contributed by atoms with van der Waals surface area (Å²) in [5, 5.41) is 11.4. The van der Waals surface area contributed by atoms with Crippen molar-refractivity contribution >= 4 is 29.1 Å². The molecular formula is C21H22ClN3O3. The molecule has 6 nitrogen and oxygen atoms in total. The smallest absolute Gasteiger partial charge is 0.295 e. The van der Waals surface area contributed by atoms with Crippen molar-refractivity contribution in [1.29, 1.82) is 0 Å². The number of hydrogen-bond acceptors (Lipinski definition) is 5. The topological polar surface area (TPSA) is 73.7 Å². The number of carbonyl (C=O) groups is 2. The first-order chi connectivity index (χ1) is 13.4. The molecule has 1 amide bonds. The van der Waals surface area contributed by atoms with Gasteiger partial charge in [0.15, 0.2) is 0 Å². The van der Waals surface area contributed by atoms with Crippen molar-refractivity contribution in [3.8, 4) is 0 Å². The zero-order valence-corrected chi connectivity index (χ0v) is 16.6. The molecule has 1 aliphatic heterocycles. The van der Waals surface area contributed by atoms with Gasteiger partial charge >= 0.3 is 0 Å². The van der Waals surface area contributed by atoms with Gasteiger partial charge in [0.25, 0.3) is 11.7 Å². The number of aromatic nitrogens is 1. The number of Topliss-reactive ketones (excluding diaryl/α,β-unsaturated/α-hetero) is 1. The van der Waals surface area contributed by atoms with Gasteiger partial charge < -0.3 is 14.9 Å². The minimum absolute atomic E-state index is 0.0865. The number of likely N-dealkylation sites (tertiary alicyclic amines) is 1. The molecule has 0 aliphatic carbocycles. The highest BCUT2D eigenvalue weighted by Gasteiger charge is 2.45. The highest BCUT2D eigenvalue weighted by atomic mass is 35.5. The second-order valence-corrected chi connectivity index (χ2v) is 7.37. The van der Waals surface area contributed by atoms with Crippen LogP contribution in [0.5, 0.6) is 0 Å². The molecule has 1 aliphatic rings. The van der Waals surface area contributed by atoms with Crippen molar-refractivity contribution in [3.05, 3.63) is 70.5 Å². The molecule has 0 bridgehead atoms. The lowest BCUT2D eigenvalue weighted by Crippen LogP contribution is -2.32. The van der Waals surface area contributed by atoms with Crippen molar-refractivity contribution in [1.82, 2.24) is 14.8 Å². The van der Waals surface area contributed by atoms with Gasteiger partial charge in [-0.25, -0.2) is 0 Å². The van der Waals surface area contributed by atoms with Gasteiger partial charge in [-0.1, -0.05) is 23.7 Å². The molecule has 1 fully saturated rings. The van der Waals surface area contributed by atoms with Crippen molar-refractivity contribution in [2.75, 3.05) is 27.2 Å². The largest absolute Gasteiger partial charge is 0.507 e. The van der Waals surface area contributed by atoms with Gasteiger partial charge in [-0.05, 0) is 56.9 Å². The van der Waals surface area contributed by atoms with Gasteiger partial charge in [0.1, 0.15) is 5.76 Å². The number of carbonyl (C=O) groups excluding carboxylic acids is 2. The summed E-state index contributed by atoms with van der Waals surface area (Å²) >= 11 is 6.00. The first-order valence-corrected chi connectivity index (χ1v) is 9.37. The van der Waals surface area contributed by atoms with E-state index in [0.717, 1.165) is 12.1 Å². The molecule has 7 heteroatoms. The third-order valence-electron chi connectivity index (χ3n) is 4.68. The predicted octanol–water partition coefficient (Wildman–Crippen LogP) is 3.11. The highest BCUT2D eigenvalue weighted by Crippen LogP contribution is 2.39. The van der Waals surface area contributed by atoms with E-state index < -0.39 is 17.7 Å². The molecule has 2 heterocycles. The van der Waals surface area contributed by atoms with Gasteiger partial charge in [-0.15, -0.1) is 0 Å². The Hall–Kier alpha value is -2.70. The fraction of sp³-hybridized carbons (Fsp3) is 0.286. The number of nitrogens with zero attached hydrogens (tertiary/aromatic N) is 3. The minimum atomic E-state index is -0.681. The number of aliphatic hydroxyl groups excluding tert-OH is 1. The molecule has 0 unspecified atom stereocenters. The van der Waals surface area contributed by atoms with Gasteiger partial charge in [0.05, 0.1) is 11.6 Å². The Morgan fingerprint density at radius 3 is 2.39 bits per heavy atom. The number of amides is 1. The molecule has 0 radical (unpaired) electrons. The average Bonchev–Trinajstić information content (AvgIpc) is 2.93. The summed E-state index contributed by atoms with van der Waals surface area (Å²) < 4.78 is 0. The summed E-state index contributed by atoms with van der Waals surface area (Å²) in [6, 6.07) is 9.52. The zero-order chi connectivity index (χ0) is 20.3. The highest BCUT2D eigenvalue weighted by molar-refractivity contribution is 6.46. The summed E-state index contributed by atoms with van der Waals surface area (Å²) in [5.74, 6) is -1.48. The molecule has 2 aromatic rings. The lowest BCUT2D eigenvalue weighted by Gasteiger charge is -2.26.